The van der Waals surface area contributed by atoms with Crippen LogP contribution in [0.3, 0.4) is 0 Å². The van der Waals surface area contributed by atoms with Crippen molar-refractivity contribution in [1.29, 1.82) is 0 Å². The highest BCUT2D eigenvalue weighted by atomic mass is 16.4. The number of rotatable bonds is 4. The number of hydrogen-bond donors (Lipinski definition) is 5. The quantitative estimate of drug-likeness (QED) is 0.296. The molecule has 6 N–H and O–H groups in total. The third-order valence-electron chi connectivity index (χ3n) is 1.20. The number of carbonyl (C=O) groups excluding carboxylic acids is 1. The topological polar surface area (TPSA) is 124 Å². The zero-order valence-electron chi connectivity index (χ0n) is 5.71. The predicted molar refractivity (Wildman–Crippen MR) is 34.3 cm³/mol. The molecule has 0 heterocycles. The molecule has 0 rings (SSSR count). The van der Waals surface area contributed by atoms with Gasteiger partial charge in [0.1, 0.15) is 12.2 Å². The van der Waals surface area contributed by atoms with E-state index in [1.54, 1.807) is 0 Å². The van der Waals surface area contributed by atoms with E-state index in [0.717, 1.165) is 0 Å². The molecule has 0 radical (unpaired) electrons. The summed E-state index contributed by atoms with van der Waals surface area (Å²) in [5.74, 6) is -1.15. The predicted octanol–water partition coefficient (Wildman–Crippen LogP) is -3.45. The Morgan fingerprint density at radius 2 is 1.82 bits per heavy atom. The van der Waals surface area contributed by atoms with E-state index in [2.05, 4.69) is 5.73 Å². The summed E-state index contributed by atoms with van der Waals surface area (Å²) in [4.78, 5) is 10.2. The van der Waals surface area contributed by atoms with Gasteiger partial charge in [-0.15, -0.1) is 0 Å². The van der Waals surface area contributed by atoms with E-state index < -0.39 is 30.8 Å². The van der Waals surface area contributed by atoms with Gasteiger partial charge in [0.15, 0.2) is 6.10 Å². The third kappa shape index (κ3) is 2.81. The highest BCUT2D eigenvalue weighted by molar-refractivity contribution is 5.79. The summed E-state index contributed by atoms with van der Waals surface area (Å²) in [6, 6.07) is 0. The molecule has 0 fully saturated rings. The number of primary amides is 1. The van der Waals surface area contributed by atoms with Crippen molar-refractivity contribution >= 4 is 5.91 Å². The van der Waals surface area contributed by atoms with Gasteiger partial charge < -0.3 is 26.2 Å². The molecule has 6 heteroatoms. The minimum Gasteiger partial charge on any atom is -0.394 e. The molecule has 66 valence electrons. The zero-order chi connectivity index (χ0) is 9.02. The average Bonchev–Trinajstić information content (AvgIpc) is 2.00. The summed E-state index contributed by atoms with van der Waals surface area (Å²) < 4.78 is 0. The molecule has 0 spiro atoms. The van der Waals surface area contributed by atoms with Gasteiger partial charge >= 0.3 is 0 Å². The summed E-state index contributed by atoms with van der Waals surface area (Å²) in [7, 11) is 0. The van der Waals surface area contributed by atoms with Crippen molar-refractivity contribution in [3.05, 3.63) is 0 Å². The molecule has 1 amide bonds. The maximum Gasteiger partial charge on any atom is 0.249 e. The van der Waals surface area contributed by atoms with Crippen molar-refractivity contribution in [3.8, 4) is 0 Å². The molecule has 0 aromatic rings. The van der Waals surface area contributed by atoms with Crippen LogP contribution in [0.25, 0.3) is 0 Å². The average molecular weight is 165 g/mol. The highest BCUT2D eigenvalue weighted by Crippen LogP contribution is 1.98. The molecule has 0 aliphatic carbocycles. The fraction of sp³-hybridized carbons (Fsp3) is 0.800. The standard InChI is InChI=1S/C5H11NO5/c6-5(11)4(10)3(9)2(8)1-7/h2-4,7-10H,1H2,(H2,6,11)/t2-,3-,4-/m0/s1. The van der Waals surface area contributed by atoms with Gasteiger partial charge in [-0.05, 0) is 0 Å². The van der Waals surface area contributed by atoms with E-state index in [1.165, 1.54) is 0 Å². The van der Waals surface area contributed by atoms with E-state index in [4.69, 9.17) is 20.4 Å². The van der Waals surface area contributed by atoms with E-state index in [-0.39, 0.29) is 0 Å². The van der Waals surface area contributed by atoms with Crippen LogP contribution in [0, 0.1) is 0 Å². The summed E-state index contributed by atoms with van der Waals surface area (Å²) >= 11 is 0. The first-order valence-corrected chi connectivity index (χ1v) is 2.95. The fourth-order valence-corrected chi connectivity index (χ4v) is 0.487. The monoisotopic (exact) mass is 165 g/mol. The summed E-state index contributed by atoms with van der Waals surface area (Å²) in [6.07, 6.45) is -5.15. The molecule has 3 atom stereocenters. The van der Waals surface area contributed by atoms with Crippen molar-refractivity contribution in [3.63, 3.8) is 0 Å². The molecule has 0 saturated carbocycles. The van der Waals surface area contributed by atoms with Crippen LogP contribution in [0.1, 0.15) is 0 Å². The van der Waals surface area contributed by atoms with Crippen molar-refractivity contribution in [2.45, 2.75) is 18.3 Å². The van der Waals surface area contributed by atoms with Crippen molar-refractivity contribution in [2.24, 2.45) is 5.73 Å². The summed E-state index contributed by atoms with van der Waals surface area (Å²) in [5.41, 5.74) is 4.59. The van der Waals surface area contributed by atoms with Crippen LogP contribution >= 0.6 is 0 Å². The van der Waals surface area contributed by atoms with Crippen LogP contribution in [0.5, 0.6) is 0 Å². The van der Waals surface area contributed by atoms with Gasteiger partial charge in [0.2, 0.25) is 5.91 Å². The van der Waals surface area contributed by atoms with Crippen LogP contribution in [0.2, 0.25) is 0 Å². The first kappa shape index (κ1) is 10.3. The number of aliphatic hydroxyl groups is 4. The molecule has 0 saturated heterocycles. The van der Waals surface area contributed by atoms with Gasteiger partial charge in [0.25, 0.3) is 0 Å². The molecule has 0 aromatic heterocycles. The molecular formula is C5H11NO5. The van der Waals surface area contributed by atoms with Gasteiger partial charge in [-0.2, -0.15) is 0 Å². The SMILES string of the molecule is NC(=O)[C@@H](O)[C@@H](O)[C@@H](O)CO. The molecule has 0 aliphatic heterocycles. The lowest BCUT2D eigenvalue weighted by Crippen LogP contribution is -2.46. The Morgan fingerprint density at radius 1 is 1.36 bits per heavy atom. The molecule has 0 aliphatic rings. The highest BCUT2D eigenvalue weighted by Gasteiger charge is 2.27. The van der Waals surface area contributed by atoms with Gasteiger partial charge in [-0.25, -0.2) is 0 Å². The van der Waals surface area contributed by atoms with Crippen LogP contribution in [0.4, 0.5) is 0 Å². The number of hydrogen-bond acceptors (Lipinski definition) is 5. The fourth-order valence-electron chi connectivity index (χ4n) is 0.487. The number of nitrogens with two attached hydrogens (primary N) is 1. The van der Waals surface area contributed by atoms with Crippen LogP contribution in [-0.4, -0.2) is 51.3 Å². The zero-order valence-corrected chi connectivity index (χ0v) is 5.71. The Balaban J connectivity index is 4.00. The molecule has 0 unspecified atom stereocenters. The van der Waals surface area contributed by atoms with Crippen LogP contribution in [0.15, 0.2) is 0 Å². The lowest BCUT2D eigenvalue weighted by Gasteiger charge is -2.18. The Hall–Kier alpha value is -0.690. The van der Waals surface area contributed by atoms with E-state index >= 15 is 0 Å². The lowest BCUT2D eigenvalue weighted by atomic mass is 10.1. The summed E-state index contributed by atoms with van der Waals surface area (Å²) in [5, 5.41) is 34.4. The Morgan fingerprint density at radius 3 is 2.09 bits per heavy atom. The minimum atomic E-state index is -1.85. The maximum absolute atomic E-state index is 10.2. The van der Waals surface area contributed by atoms with Gasteiger partial charge in [0, 0.05) is 0 Å². The number of amides is 1. The van der Waals surface area contributed by atoms with E-state index in [1.807, 2.05) is 0 Å². The molecular weight excluding hydrogens is 154 g/mol. The first-order valence-electron chi connectivity index (χ1n) is 2.95. The molecule has 6 nitrogen and oxygen atoms in total. The smallest absolute Gasteiger partial charge is 0.249 e. The number of aliphatic hydroxyl groups excluding tert-OH is 4. The minimum absolute atomic E-state index is 0.745. The second-order valence-electron chi connectivity index (χ2n) is 2.09. The third-order valence-corrected chi connectivity index (χ3v) is 1.20. The van der Waals surface area contributed by atoms with Crippen molar-refractivity contribution in [2.75, 3.05) is 6.61 Å². The second-order valence-corrected chi connectivity index (χ2v) is 2.09. The van der Waals surface area contributed by atoms with E-state index in [0.29, 0.717) is 0 Å². The normalized spacial score (nSPS) is 18.9. The lowest BCUT2D eigenvalue weighted by molar-refractivity contribution is -0.139. The Kier molecular flexibility index (Phi) is 3.98. The Bertz CT molecular complexity index is 139. The first-order chi connectivity index (χ1) is 5.00. The molecule has 0 bridgehead atoms. The molecule has 0 aromatic carbocycles. The van der Waals surface area contributed by atoms with Gasteiger partial charge in [0.05, 0.1) is 6.61 Å². The second kappa shape index (κ2) is 4.24. The molecule has 11 heavy (non-hydrogen) atoms. The van der Waals surface area contributed by atoms with Crippen molar-refractivity contribution < 1.29 is 25.2 Å². The van der Waals surface area contributed by atoms with Gasteiger partial charge in [-0.1, -0.05) is 0 Å². The largest absolute Gasteiger partial charge is 0.394 e. The van der Waals surface area contributed by atoms with Crippen LogP contribution < -0.4 is 5.73 Å². The number of carbonyl (C=O) groups is 1. The summed E-state index contributed by atoms with van der Waals surface area (Å²) in [6.45, 7) is -0.745. The van der Waals surface area contributed by atoms with Crippen LogP contribution in [-0.2, 0) is 4.79 Å². The Labute approximate surface area is 62.9 Å². The van der Waals surface area contributed by atoms with Gasteiger partial charge in [-0.3, -0.25) is 4.79 Å². The van der Waals surface area contributed by atoms with E-state index in [9.17, 15) is 4.79 Å². The van der Waals surface area contributed by atoms with Crippen molar-refractivity contribution in [1.82, 2.24) is 0 Å². The maximum atomic E-state index is 10.2.